The van der Waals surface area contributed by atoms with Crippen molar-refractivity contribution in [2.24, 2.45) is 0 Å². The van der Waals surface area contributed by atoms with E-state index >= 15 is 0 Å². The molecule has 0 bridgehead atoms. The molecule has 0 atom stereocenters. The Kier molecular flexibility index (Phi) is 7.14. The minimum atomic E-state index is -3.96. The van der Waals surface area contributed by atoms with Crippen molar-refractivity contribution >= 4 is 33.2 Å². The van der Waals surface area contributed by atoms with Crippen molar-refractivity contribution in [2.75, 3.05) is 11.1 Å². The second-order valence-electron chi connectivity index (χ2n) is 8.51. The van der Waals surface area contributed by atoms with Crippen molar-refractivity contribution in [3.05, 3.63) is 89.0 Å². The highest BCUT2D eigenvalue weighted by Gasteiger charge is 2.29. The third-order valence-electron chi connectivity index (χ3n) is 5.29. The van der Waals surface area contributed by atoms with E-state index in [1.54, 1.807) is 24.3 Å². The number of nitrogens with one attached hydrogen (secondary N) is 1. The van der Waals surface area contributed by atoms with Gasteiger partial charge in [0.2, 0.25) is 31.8 Å². The number of amides is 1. The van der Waals surface area contributed by atoms with Crippen LogP contribution >= 0.6 is 11.8 Å². The van der Waals surface area contributed by atoms with E-state index in [1.165, 1.54) is 0 Å². The molecule has 1 heterocycles. The first-order chi connectivity index (χ1) is 16.6. The Morgan fingerprint density at radius 2 is 1.43 bits per heavy atom. The molecule has 0 saturated heterocycles. The molecular weight excluding hydrogens is 480 g/mol. The monoisotopic (exact) mass is 506 g/mol. The van der Waals surface area contributed by atoms with Crippen LogP contribution in [0, 0.1) is 27.7 Å². The van der Waals surface area contributed by atoms with Crippen molar-refractivity contribution in [1.82, 2.24) is 4.98 Å². The molecule has 0 fully saturated rings. The van der Waals surface area contributed by atoms with Crippen molar-refractivity contribution in [3.63, 3.8) is 0 Å². The van der Waals surface area contributed by atoms with Crippen LogP contribution in [-0.4, -0.2) is 25.1 Å². The van der Waals surface area contributed by atoms with Gasteiger partial charge in [-0.3, -0.25) is 4.79 Å². The van der Waals surface area contributed by atoms with E-state index in [9.17, 15) is 13.2 Å². The Morgan fingerprint density at radius 1 is 0.857 bits per heavy atom. The van der Waals surface area contributed by atoms with Crippen molar-refractivity contribution in [1.29, 1.82) is 0 Å². The maximum absolute atomic E-state index is 13.4. The molecule has 0 radical (unpaired) electrons. The molecule has 0 aliphatic heterocycles. The first-order valence-electron chi connectivity index (χ1n) is 11.0. The van der Waals surface area contributed by atoms with Crippen LogP contribution in [0.2, 0.25) is 0 Å². The summed E-state index contributed by atoms with van der Waals surface area (Å²) in [5.41, 5.74) is 5.43. The first-order valence-corrected chi connectivity index (χ1v) is 13.5. The van der Waals surface area contributed by atoms with Crippen LogP contribution in [0.25, 0.3) is 11.5 Å². The van der Waals surface area contributed by atoms with Gasteiger partial charge in [0.25, 0.3) is 0 Å². The van der Waals surface area contributed by atoms with Gasteiger partial charge >= 0.3 is 0 Å². The maximum Gasteiger partial charge on any atom is 0.234 e. The summed E-state index contributed by atoms with van der Waals surface area (Å²) in [4.78, 5) is 17.1. The number of anilines is 1. The predicted molar refractivity (Wildman–Crippen MR) is 139 cm³/mol. The van der Waals surface area contributed by atoms with Crippen LogP contribution in [0.3, 0.4) is 0 Å². The number of carbonyl (C=O) groups is 1. The SMILES string of the molecule is Cc1ccc(-c2nc(S(=O)(=O)c3ccc(C)cc3)c(SCC(=O)Nc3cc(C)cc(C)c3)o2)cc1. The summed E-state index contributed by atoms with van der Waals surface area (Å²) in [5.74, 6) is -0.119. The lowest BCUT2D eigenvalue weighted by molar-refractivity contribution is -0.113. The molecule has 8 heteroatoms. The summed E-state index contributed by atoms with van der Waals surface area (Å²) in [6, 6.07) is 19.8. The van der Waals surface area contributed by atoms with Crippen LogP contribution in [0.1, 0.15) is 22.3 Å². The number of sulfone groups is 1. The summed E-state index contributed by atoms with van der Waals surface area (Å²) >= 11 is 1.01. The van der Waals surface area contributed by atoms with E-state index in [1.807, 2.05) is 70.2 Å². The molecule has 0 spiro atoms. The normalized spacial score (nSPS) is 11.4. The van der Waals surface area contributed by atoms with Crippen molar-refractivity contribution in [2.45, 2.75) is 42.7 Å². The second kappa shape index (κ2) is 10.1. The molecule has 180 valence electrons. The number of nitrogens with zero attached hydrogens (tertiary/aromatic N) is 1. The summed E-state index contributed by atoms with van der Waals surface area (Å²) in [7, 11) is -3.96. The Labute approximate surface area is 209 Å². The lowest BCUT2D eigenvalue weighted by Crippen LogP contribution is -2.14. The number of hydrogen-bond acceptors (Lipinski definition) is 6. The number of rotatable bonds is 7. The average Bonchev–Trinajstić information content (AvgIpc) is 3.23. The van der Waals surface area contributed by atoms with Crippen LogP contribution in [0.5, 0.6) is 0 Å². The fourth-order valence-corrected chi connectivity index (χ4v) is 5.91. The molecular formula is C27H26N2O4S2. The molecule has 35 heavy (non-hydrogen) atoms. The van der Waals surface area contributed by atoms with Crippen LogP contribution in [0.15, 0.2) is 86.2 Å². The van der Waals surface area contributed by atoms with Gasteiger partial charge in [-0.05, 0) is 75.2 Å². The van der Waals surface area contributed by atoms with Crippen LogP contribution in [-0.2, 0) is 14.6 Å². The van der Waals surface area contributed by atoms with Crippen LogP contribution < -0.4 is 5.32 Å². The number of benzene rings is 3. The largest absolute Gasteiger partial charge is 0.428 e. The second-order valence-corrected chi connectivity index (χ2v) is 11.3. The molecule has 0 unspecified atom stereocenters. The quantitative estimate of drug-likeness (QED) is 0.303. The van der Waals surface area contributed by atoms with Gasteiger partial charge in [0.15, 0.2) is 0 Å². The topological polar surface area (TPSA) is 89.3 Å². The van der Waals surface area contributed by atoms with Crippen molar-refractivity contribution in [3.8, 4) is 11.5 Å². The van der Waals surface area contributed by atoms with Gasteiger partial charge in [-0.2, -0.15) is 4.98 Å². The highest BCUT2D eigenvalue weighted by atomic mass is 32.2. The summed E-state index contributed by atoms with van der Waals surface area (Å²) in [6.45, 7) is 7.77. The fourth-order valence-electron chi connectivity index (χ4n) is 3.58. The van der Waals surface area contributed by atoms with Gasteiger partial charge < -0.3 is 9.73 Å². The zero-order valence-corrected chi connectivity index (χ0v) is 21.6. The van der Waals surface area contributed by atoms with Crippen molar-refractivity contribution < 1.29 is 17.6 Å². The smallest absolute Gasteiger partial charge is 0.234 e. The van der Waals surface area contributed by atoms with Gasteiger partial charge in [0, 0.05) is 11.3 Å². The molecule has 0 saturated carbocycles. The number of aryl methyl sites for hydroxylation is 4. The van der Waals surface area contributed by atoms with Gasteiger partial charge in [0.05, 0.1) is 10.6 Å². The minimum absolute atomic E-state index is 0.0358. The Balaban J connectivity index is 1.64. The van der Waals surface area contributed by atoms with E-state index in [4.69, 9.17) is 4.42 Å². The van der Waals surface area contributed by atoms with E-state index in [0.717, 1.165) is 34.0 Å². The molecule has 4 rings (SSSR count). The lowest BCUT2D eigenvalue weighted by Gasteiger charge is -2.07. The van der Waals surface area contributed by atoms with Gasteiger partial charge in [-0.1, -0.05) is 53.2 Å². The molecule has 1 N–H and O–H groups in total. The number of thioether (sulfide) groups is 1. The number of oxazole rings is 1. The Hall–Kier alpha value is -3.36. The molecule has 6 nitrogen and oxygen atoms in total. The Bertz CT molecular complexity index is 1450. The third-order valence-corrected chi connectivity index (χ3v) is 8.04. The Morgan fingerprint density at radius 3 is 2.03 bits per heavy atom. The van der Waals surface area contributed by atoms with Gasteiger partial charge in [-0.15, -0.1) is 0 Å². The first kappa shape index (κ1) is 24.8. The molecule has 4 aromatic rings. The molecule has 1 aromatic heterocycles. The average molecular weight is 507 g/mol. The predicted octanol–water partition coefficient (Wildman–Crippen LogP) is 6.14. The number of hydrogen-bond donors (Lipinski definition) is 1. The van der Waals surface area contributed by atoms with E-state index in [2.05, 4.69) is 10.3 Å². The van der Waals surface area contributed by atoms with E-state index in [0.29, 0.717) is 11.3 Å². The summed E-state index contributed by atoms with van der Waals surface area (Å²) in [5, 5.41) is 2.75. The van der Waals surface area contributed by atoms with Gasteiger partial charge in [0.1, 0.15) is 0 Å². The summed E-state index contributed by atoms with van der Waals surface area (Å²) in [6.07, 6.45) is 0. The van der Waals surface area contributed by atoms with E-state index in [-0.39, 0.29) is 32.6 Å². The standard InChI is InChI=1S/C27H26N2O4S2/c1-17-5-9-21(10-6-17)25-29-26(35(31,32)23-11-7-18(2)8-12-23)27(33-25)34-16-24(30)28-22-14-19(3)13-20(4)15-22/h5-15H,16H2,1-4H3,(H,28,30). The molecule has 3 aromatic carbocycles. The van der Waals surface area contributed by atoms with Crippen LogP contribution in [0.4, 0.5) is 5.69 Å². The highest BCUT2D eigenvalue weighted by Crippen LogP contribution is 2.35. The molecule has 0 aliphatic rings. The minimum Gasteiger partial charge on any atom is -0.428 e. The highest BCUT2D eigenvalue weighted by molar-refractivity contribution is 8.00. The fraction of sp³-hybridized carbons (Fsp3) is 0.185. The lowest BCUT2D eigenvalue weighted by atomic mass is 10.1. The molecule has 0 aliphatic carbocycles. The molecule has 1 amide bonds. The number of carbonyl (C=O) groups excluding carboxylic acids is 1. The zero-order chi connectivity index (χ0) is 25.2. The third kappa shape index (κ3) is 5.83. The maximum atomic E-state index is 13.4. The zero-order valence-electron chi connectivity index (χ0n) is 20.0. The van der Waals surface area contributed by atoms with Gasteiger partial charge in [-0.25, -0.2) is 8.42 Å². The summed E-state index contributed by atoms with van der Waals surface area (Å²) < 4.78 is 32.8. The number of aromatic nitrogens is 1. The van der Waals surface area contributed by atoms with E-state index < -0.39 is 9.84 Å².